The van der Waals surface area contributed by atoms with Crippen molar-refractivity contribution in [2.45, 2.75) is 33.1 Å². The zero-order chi connectivity index (χ0) is 16.8. The molecule has 0 radical (unpaired) electrons. The van der Waals surface area contributed by atoms with E-state index in [0.29, 0.717) is 23.8 Å². The average Bonchev–Trinajstić information content (AvgIpc) is 3.13. The van der Waals surface area contributed by atoms with Crippen LogP contribution in [0.5, 0.6) is 0 Å². The number of aryl methyl sites for hydroxylation is 1. The Morgan fingerprint density at radius 3 is 2.87 bits per heavy atom. The molecule has 6 nitrogen and oxygen atoms in total. The van der Waals surface area contributed by atoms with Crippen molar-refractivity contribution < 1.29 is 19.1 Å². The van der Waals surface area contributed by atoms with Gasteiger partial charge in [0.15, 0.2) is 0 Å². The second-order valence-electron chi connectivity index (χ2n) is 5.30. The molecule has 1 unspecified atom stereocenters. The summed E-state index contributed by atoms with van der Waals surface area (Å²) >= 11 is 1.52. The third-order valence-electron chi connectivity index (χ3n) is 3.48. The van der Waals surface area contributed by atoms with Crippen LogP contribution in [-0.2, 0) is 16.0 Å². The van der Waals surface area contributed by atoms with E-state index in [1.165, 1.54) is 11.3 Å². The number of carbonyl (C=O) groups excluding carboxylic acids is 1. The standard InChI is InChI=1S/C16H20N2O4S/c1-3-5-11(16(20)21)9-17-14(19)8-12-10(2)22-15(18-12)13-6-4-7-23-13/h4,6-7,11H,3,5,8-9H2,1-2H3,(H,17,19)(H,20,21). The molecule has 0 fully saturated rings. The molecule has 0 bridgehead atoms. The van der Waals surface area contributed by atoms with Crippen molar-refractivity contribution in [3.8, 4) is 10.8 Å². The number of hydrogen-bond donors (Lipinski definition) is 2. The summed E-state index contributed by atoms with van der Waals surface area (Å²) in [5.41, 5.74) is 0.577. The minimum absolute atomic E-state index is 0.0825. The highest BCUT2D eigenvalue weighted by atomic mass is 32.1. The minimum atomic E-state index is -0.884. The van der Waals surface area contributed by atoms with E-state index in [0.717, 1.165) is 11.3 Å². The Balaban J connectivity index is 1.94. The third kappa shape index (κ3) is 4.66. The van der Waals surface area contributed by atoms with Gasteiger partial charge in [0, 0.05) is 6.54 Å². The Bertz CT molecular complexity index is 664. The highest BCUT2D eigenvalue weighted by molar-refractivity contribution is 7.13. The molecular formula is C16H20N2O4S. The van der Waals surface area contributed by atoms with Gasteiger partial charge in [0.25, 0.3) is 0 Å². The fraction of sp³-hybridized carbons (Fsp3) is 0.438. The van der Waals surface area contributed by atoms with Gasteiger partial charge in [-0.15, -0.1) is 11.3 Å². The van der Waals surface area contributed by atoms with E-state index in [9.17, 15) is 9.59 Å². The predicted octanol–water partition coefficient (Wildman–Crippen LogP) is 2.87. The van der Waals surface area contributed by atoms with Gasteiger partial charge in [0.2, 0.25) is 11.8 Å². The Morgan fingerprint density at radius 1 is 1.48 bits per heavy atom. The normalized spacial score (nSPS) is 12.1. The SMILES string of the molecule is CCCC(CNC(=O)Cc1nc(-c2cccs2)oc1C)C(=O)O. The van der Waals surface area contributed by atoms with Gasteiger partial charge in [-0.25, -0.2) is 4.98 Å². The Hall–Kier alpha value is -2.15. The number of nitrogens with one attached hydrogen (secondary N) is 1. The highest BCUT2D eigenvalue weighted by Gasteiger charge is 2.19. The molecule has 2 aromatic heterocycles. The maximum atomic E-state index is 12.0. The fourth-order valence-corrected chi connectivity index (χ4v) is 2.86. The first-order chi connectivity index (χ1) is 11.0. The number of carboxylic acid groups (broad SMARTS) is 1. The van der Waals surface area contributed by atoms with E-state index in [-0.39, 0.29) is 18.9 Å². The molecule has 2 N–H and O–H groups in total. The van der Waals surface area contributed by atoms with Gasteiger partial charge in [-0.3, -0.25) is 9.59 Å². The average molecular weight is 336 g/mol. The molecule has 1 amide bonds. The van der Waals surface area contributed by atoms with E-state index < -0.39 is 11.9 Å². The summed E-state index contributed by atoms with van der Waals surface area (Å²) in [5.74, 6) is -0.572. The van der Waals surface area contributed by atoms with Crippen LogP contribution < -0.4 is 5.32 Å². The number of aliphatic carboxylic acids is 1. The van der Waals surface area contributed by atoms with Crippen molar-refractivity contribution in [3.63, 3.8) is 0 Å². The number of aromatic nitrogens is 1. The Kier molecular flexibility index (Phi) is 5.92. The quantitative estimate of drug-likeness (QED) is 0.773. The molecule has 2 rings (SSSR count). The summed E-state index contributed by atoms with van der Waals surface area (Å²) in [6, 6.07) is 3.81. The lowest BCUT2D eigenvalue weighted by Gasteiger charge is -2.11. The molecule has 2 aromatic rings. The number of nitrogens with zero attached hydrogens (tertiary/aromatic N) is 1. The van der Waals surface area contributed by atoms with Crippen molar-refractivity contribution >= 4 is 23.2 Å². The molecule has 0 aliphatic rings. The summed E-state index contributed by atoms with van der Waals surface area (Å²) in [7, 11) is 0. The Labute approximate surface area is 138 Å². The van der Waals surface area contributed by atoms with Crippen LogP contribution in [-0.4, -0.2) is 28.5 Å². The van der Waals surface area contributed by atoms with Crippen molar-refractivity contribution in [2.24, 2.45) is 5.92 Å². The van der Waals surface area contributed by atoms with Crippen LogP contribution >= 0.6 is 11.3 Å². The van der Waals surface area contributed by atoms with E-state index in [1.807, 2.05) is 24.4 Å². The number of amides is 1. The van der Waals surface area contributed by atoms with Crippen LogP contribution in [0.1, 0.15) is 31.2 Å². The molecule has 124 valence electrons. The number of carboxylic acids is 1. The van der Waals surface area contributed by atoms with E-state index in [2.05, 4.69) is 10.3 Å². The molecule has 7 heteroatoms. The second-order valence-corrected chi connectivity index (χ2v) is 6.25. The minimum Gasteiger partial charge on any atom is -0.481 e. The van der Waals surface area contributed by atoms with Gasteiger partial charge in [0.05, 0.1) is 22.9 Å². The number of rotatable bonds is 8. The lowest BCUT2D eigenvalue weighted by molar-refractivity contribution is -0.141. The van der Waals surface area contributed by atoms with Gasteiger partial charge < -0.3 is 14.8 Å². The van der Waals surface area contributed by atoms with Crippen LogP contribution in [0.2, 0.25) is 0 Å². The maximum absolute atomic E-state index is 12.0. The largest absolute Gasteiger partial charge is 0.481 e. The number of carbonyl (C=O) groups is 2. The van der Waals surface area contributed by atoms with Crippen molar-refractivity contribution in [3.05, 3.63) is 29.0 Å². The monoisotopic (exact) mass is 336 g/mol. The zero-order valence-corrected chi connectivity index (χ0v) is 14.0. The first kappa shape index (κ1) is 17.2. The summed E-state index contributed by atoms with van der Waals surface area (Å²) < 4.78 is 5.59. The molecule has 0 aromatic carbocycles. The lowest BCUT2D eigenvalue weighted by Crippen LogP contribution is -2.34. The van der Waals surface area contributed by atoms with Crippen molar-refractivity contribution in [1.82, 2.24) is 10.3 Å². The molecular weight excluding hydrogens is 316 g/mol. The molecule has 0 spiro atoms. The number of thiophene rings is 1. The third-order valence-corrected chi connectivity index (χ3v) is 4.34. The smallest absolute Gasteiger partial charge is 0.308 e. The van der Waals surface area contributed by atoms with E-state index >= 15 is 0 Å². The first-order valence-corrected chi connectivity index (χ1v) is 8.39. The second kappa shape index (κ2) is 7.92. The first-order valence-electron chi connectivity index (χ1n) is 7.51. The van der Waals surface area contributed by atoms with Gasteiger partial charge in [-0.05, 0) is 24.8 Å². The van der Waals surface area contributed by atoms with Crippen LogP contribution in [0, 0.1) is 12.8 Å². The predicted molar refractivity (Wildman–Crippen MR) is 87.3 cm³/mol. The van der Waals surface area contributed by atoms with Gasteiger partial charge in [0.1, 0.15) is 5.76 Å². The lowest BCUT2D eigenvalue weighted by atomic mass is 10.0. The highest BCUT2D eigenvalue weighted by Crippen LogP contribution is 2.26. The summed E-state index contributed by atoms with van der Waals surface area (Å²) in [6.45, 7) is 3.82. The summed E-state index contributed by atoms with van der Waals surface area (Å²) in [6.07, 6.45) is 1.39. The van der Waals surface area contributed by atoms with Crippen molar-refractivity contribution in [2.75, 3.05) is 6.54 Å². The van der Waals surface area contributed by atoms with Crippen LogP contribution in [0.3, 0.4) is 0 Å². The van der Waals surface area contributed by atoms with E-state index in [1.54, 1.807) is 6.92 Å². The van der Waals surface area contributed by atoms with Crippen molar-refractivity contribution in [1.29, 1.82) is 0 Å². The molecule has 0 saturated carbocycles. The van der Waals surface area contributed by atoms with Gasteiger partial charge >= 0.3 is 5.97 Å². The van der Waals surface area contributed by atoms with E-state index in [4.69, 9.17) is 9.52 Å². The van der Waals surface area contributed by atoms with Gasteiger partial charge in [-0.2, -0.15) is 0 Å². The van der Waals surface area contributed by atoms with Gasteiger partial charge in [-0.1, -0.05) is 19.4 Å². The molecule has 1 atom stereocenters. The Morgan fingerprint density at radius 2 is 2.26 bits per heavy atom. The molecule has 2 heterocycles. The molecule has 23 heavy (non-hydrogen) atoms. The maximum Gasteiger partial charge on any atom is 0.308 e. The van der Waals surface area contributed by atoms with Crippen LogP contribution in [0.25, 0.3) is 10.8 Å². The molecule has 0 saturated heterocycles. The molecule has 0 aliphatic heterocycles. The van der Waals surface area contributed by atoms with Crippen LogP contribution in [0.4, 0.5) is 0 Å². The molecule has 0 aliphatic carbocycles. The number of oxazole rings is 1. The summed E-state index contributed by atoms with van der Waals surface area (Å²) in [4.78, 5) is 28.3. The van der Waals surface area contributed by atoms with Crippen LogP contribution in [0.15, 0.2) is 21.9 Å². The fourth-order valence-electron chi connectivity index (χ4n) is 2.21. The summed E-state index contributed by atoms with van der Waals surface area (Å²) in [5, 5.41) is 13.7. The zero-order valence-electron chi connectivity index (χ0n) is 13.2. The number of hydrogen-bond acceptors (Lipinski definition) is 5. The topological polar surface area (TPSA) is 92.4 Å².